The lowest BCUT2D eigenvalue weighted by Crippen LogP contribution is -2.50. The van der Waals surface area contributed by atoms with Gasteiger partial charge in [-0.1, -0.05) is 24.3 Å². The molecule has 7 nitrogen and oxygen atoms in total. The normalized spacial score (nSPS) is 17.6. The number of carbonyl (C=O) groups excluding carboxylic acids is 2. The van der Waals surface area contributed by atoms with Crippen molar-refractivity contribution in [3.63, 3.8) is 0 Å². The van der Waals surface area contributed by atoms with Crippen LogP contribution in [-0.2, 0) is 18.3 Å². The summed E-state index contributed by atoms with van der Waals surface area (Å²) < 4.78 is 42.6. The fourth-order valence-electron chi connectivity index (χ4n) is 3.94. The van der Waals surface area contributed by atoms with Gasteiger partial charge in [0.15, 0.2) is 0 Å². The van der Waals surface area contributed by atoms with Crippen molar-refractivity contribution in [3.05, 3.63) is 71.5 Å². The Balaban J connectivity index is 1.57. The Morgan fingerprint density at radius 3 is 2.52 bits per heavy atom. The molecule has 0 radical (unpaired) electrons. The molecule has 1 aromatic heterocycles. The summed E-state index contributed by atoms with van der Waals surface area (Å²) in [5.41, 5.74) is 2.41. The Labute approximate surface area is 188 Å². The molecule has 10 heteroatoms. The summed E-state index contributed by atoms with van der Waals surface area (Å²) in [6.45, 7) is 1.63. The second-order valence-electron chi connectivity index (χ2n) is 7.89. The largest absolute Gasteiger partial charge is 0.409 e. The molecule has 3 aromatic rings. The Morgan fingerprint density at radius 2 is 1.82 bits per heavy atom. The van der Waals surface area contributed by atoms with Gasteiger partial charge in [0.25, 0.3) is 5.91 Å². The molecule has 2 amide bonds. The summed E-state index contributed by atoms with van der Waals surface area (Å²) in [5, 5.41) is 11.8. The summed E-state index contributed by atoms with van der Waals surface area (Å²) in [5.74, 6) is -2.59. The van der Waals surface area contributed by atoms with Crippen molar-refractivity contribution in [2.75, 3.05) is 16.0 Å². The third kappa shape index (κ3) is 4.55. The molecule has 3 N–H and O–H groups in total. The lowest BCUT2D eigenvalue weighted by atomic mass is 9.88. The Bertz CT molecular complexity index is 1190. The van der Waals surface area contributed by atoms with Crippen molar-refractivity contribution in [1.29, 1.82) is 0 Å². The predicted octanol–water partition coefficient (Wildman–Crippen LogP) is 4.13. The van der Waals surface area contributed by atoms with Crippen LogP contribution in [0.5, 0.6) is 0 Å². The van der Waals surface area contributed by atoms with E-state index in [0.29, 0.717) is 22.5 Å². The van der Waals surface area contributed by atoms with Gasteiger partial charge in [0.2, 0.25) is 5.91 Å². The zero-order valence-electron chi connectivity index (χ0n) is 17.9. The van der Waals surface area contributed by atoms with Gasteiger partial charge in [-0.15, -0.1) is 0 Å². The lowest BCUT2D eigenvalue weighted by Gasteiger charge is -2.33. The van der Waals surface area contributed by atoms with Crippen LogP contribution in [0.2, 0.25) is 0 Å². The number of hydrogen-bond acceptors (Lipinski definition) is 4. The molecular weight excluding hydrogens is 435 g/mol. The number of nitrogens with zero attached hydrogens (tertiary/aromatic N) is 2. The molecule has 0 fully saturated rings. The van der Waals surface area contributed by atoms with Gasteiger partial charge < -0.3 is 16.0 Å². The molecule has 0 spiro atoms. The van der Waals surface area contributed by atoms with Gasteiger partial charge in [-0.3, -0.25) is 14.3 Å². The molecule has 2 heterocycles. The Hall–Kier alpha value is -3.82. The van der Waals surface area contributed by atoms with Crippen LogP contribution in [0.3, 0.4) is 0 Å². The second kappa shape index (κ2) is 8.61. The molecule has 0 aliphatic carbocycles. The second-order valence-corrected chi connectivity index (χ2v) is 7.89. The van der Waals surface area contributed by atoms with E-state index in [-0.39, 0.29) is 23.7 Å². The minimum absolute atomic E-state index is 0.123. The number of nitrogens with one attached hydrogen (secondary N) is 3. The molecule has 0 saturated heterocycles. The minimum Gasteiger partial charge on any atom is -0.371 e. The summed E-state index contributed by atoms with van der Waals surface area (Å²) in [6.07, 6.45) is -3.44. The van der Waals surface area contributed by atoms with Crippen LogP contribution in [-0.4, -0.2) is 33.8 Å². The highest BCUT2D eigenvalue weighted by atomic mass is 19.4. The van der Waals surface area contributed by atoms with Crippen molar-refractivity contribution in [3.8, 4) is 0 Å². The smallest absolute Gasteiger partial charge is 0.371 e. The molecule has 33 heavy (non-hydrogen) atoms. The number of aryl methyl sites for hydroxylation is 1. The highest BCUT2D eigenvalue weighted by Gasteiger charge is 2.50. The van der Waals surface area contributed by atoms with Crippen molar-refractivity contribution in [1.82, 2.24) is 9.78 Å². The number of hydrogen-bond donors (Lipinski definition) is 3. The van der Waals surface area contributed by atoms with Crippen LogP contribution < -0.4 is 16.0 Å². The average molecular weight is 457 g/mol. The van der Waals surface area contributed by atoms with E-state index in [1.807, 2.05) is 6.07 Å². The monoisotopic (exact) mass is 457 g/mol. The molecule has 2 atom stereocenters. The van der Waals surface area contributed by atoms with Crippen LogP contribution in [0.25, 0.3) is 0 Å². The number of anilines is 3. The number of para-hydroxylation sites is 1. The van der Waals surface area contributed by atoms with Crippen molar-refractivity contribution in [2.24, 2.45) is 13.0 Å². The Kier molecular flexibility index (Phi) is 5.84. The summed E-state index contributed by atoms with van der Waals surface area (Å²) in [6, 6.07) is 11.5. The van der Waals surface area contributed by atoms with Gasteiger partial charge >= 0.3 is 6.18 Å². The van der Waals surface area contributed by atoms with Crippen LogP contribution in [0, 0.1) is 12.8 Å². The highest BCUT2D eigenvalue weighted by molar-refractivity contribution is 6.07. The third-order valence-corrected chi connectivity index (χ3v) is 5.75. The maximum absolute atomic E-state index is 13.7. The summed E-state index contributed by atoms with van der Waals surface area (Å²) in [4.78, 5) is 25.7. The SMILES string of the molecule is Cc1c(NC(=O)C2Cc3c(cnn3C)NC2C(F)(F)F)cccc1C(=O)Nc1ccccc1. The average Bonchev–Trinajstić information content (AvgIpc) is 3.14. The van der Waals surface area contributed by atoms with E-state index in [1.165, 1.54) is 10.9 Å². The van der Waals surface area contributed by atoms with E-state index in [2.05, 4.69) is 21.0 Å². The number of rotatable bonds is 4. The maximum atomic E-state index is 13.7. The van der Waals surface area contributed by atoms with Gasteiger partial charge in [-0.25, -0.2) is 0 Å². The van der Waals surface area contributed by atoms with E-state index in [0.717, 1.165) is 0 Å². The molecule has 1 aliphatic heterocycles. The van der Waals surface area contributed by atoms with Gasteiger partial charge in [-0.05, 0) is 36.8 Å². The molecule has 1 aliphatic rings. The first kappa shape index (κ1) is 22.4. The first-order valence-corrected chi connectivity index (χ1v) is 10.3. The zero-order valence-corrected chi connectivity index (χ0v) is 17.9. The van der Waals surface area contributed by atoms with Crippen LogP contribution >= 0.6 is 0 Å². The van der Waals surface area contributed by atoms with Crippen molar-refractivity contribution < 1.29 is 22.8 Å². The minimum atomic E-state index is -4.64. The molecule has 2 unspecified atom stereocenters. The number of aromatic nitrogens is 2. The van der Waals surface area contributed by atoms with E-state index in [9.17, 15) is 22.8 Å². The van der Waals surface area contributed by atoms with Gasteiger partial charge in [0.05, 0.1) is 23.5 Å². The predicted molar refractivity (Wildman–Crippen MR) is 118 cm³/mol. The van der Waals surface area contributed by atoms with Gasteiger partial charge in [0, 0.05) is 30.4 Å². The number of carbonyl (C=O) groups is 2. The first-order valence-electron chi connectivity index (χ1n) is 10.3. The molecule has 0 saturated carbocycles. The standard InChI is InChI=1S/C23H22F3N5O2/c1-13-15(21(32)28-14-7-4-3-5-8-14)9-6-10-17(13)30-22(33)16-11-19-18(12-27-31(19)2)29-20(16)23(24,25)26/h3-10,12,16,20,29H,11H2,1-2H3,(H,28,32)(H,30,33). The van der Waals surface area contributed by atoms with Gasteiger partial charge in [0.1, 0.15) is 6.04 Å². The number of benzene rings is 2. The van der Waals surface area contributed by atoms with Crippen LogP contribution in [0.15, 0.2) is 54.7 Å². The van der Waals surface area contributed by atoms with E-state index >= 15 is 0 Å². The Morgan fingerprint density at radius 1 is 1.09 bits per heavy atom. The lowest BCUT2D eigenvalue weighted by molar-refractivity contribution is -0.160. The van der Waals surface area contributed by atoms with E-state index in [4.69, 9.17) is 0 Å². The molecule has 2 aromatic carbocycles. The maximum Gasteiger partial charge on any atom is 0.409 e. The van der Waals surface area contributed by atoms with Crippen molar-refractivity contribution >= 4 is 28.9 Å². The number of halogens is 3. The molecule has 172 valence electrons. The first-order chi connectivity index (χ1) is 15.6. The van der Waals surface area contributed by atoms with Crippen LogP contribution in [0.1, 0.15) is 21.6 Å². The topological polar surface area (TPSA) is 88.1 Å². The third-order valence-electron chi connectivity index (χ3n) is 5.75. The fraction of sp³-hybridized carbons (Fsp3) is 0.261. The number of alkyl halides is 3. The zero-order chi connectivity index (χ0) is 23.8. The van der Waals surface area contributed by atoms with Crippen molar-refractivity contribution in [2.45, 2.75) is 25.6 Å². The fourth-order valence-corrected chi connectivity index (χ4v) is 3.94. The number of amides is 2. The van der Waals surface area contributed by atoms with Crippen LogP contribution in [0.4, 0.5) is 30.2 Å². The van der Waals surface area contributed by atoms with E-state index in [1.54, 1.807) is 56.4 Å². The van der Waals surface area contributed by atoms with E-state index < -0.39 is 24.0 Å². The molecule has 4 rings (SSSR count). The molecular formula is C23H22F3N5O2. The number of fused-ring (bicyclic) bond motifs is 1. The highest BCUT2D eigenvalue weighted by Crippen LogP contribution is 2.37. The van der Waals surface area contributed by atoms with Gasteiger partial charge in [-0.2, -0.15) is 18.3 Å². The summed E-state index contributed by atoms with van der Waals surface area (Å²) >= 11 is 0. The summed E-state index contributed by atoms with van der Waals surface area (Å²) in [7, 11) is 1.61. The quantitative estimate of drug-likeness (QED) is 0.550. The molecule has 0 bridgehead atoms.